The van der Waals surface area contributed by atoms with E-state index in [9.17, 15) is 10.1 Å². The van der Waals surface area contributed by atoms with Crippen LogP contribution in [0, 0.1) is 33.8 Å². The van der Waals surface area contributed by atoms with Gasteiger partial charge in [0.15, 0.2) is 0 Å². The third-order valence-corrected chi connectivity index (χ3v) is 7.28. The molecule has 6 heteroatoms. The standard InChI is InChI=1S/C21H30N2O4/c22-6-5-21(18-10-15-9-16(12-18)13-19(21)11-15)17-3-1-4-20(14-17)26-7-2-8-27-23(24)25/h1,3-4,14-16,18-19H,2,5-13,22H2. The van der Waals surface area contributed by atoms with E-state index in [0.717, 1.165) is 42.4 Å². The van der Waals surface area contributed by atoms with Gasteiger partial charge in [-0.1, -0.05) is 12.1 Å². The zero-order valence-corrected chi connectivity index (χ0v) is 15.8. The van der Waals surface area contributed by atoms with Crippen LogP contribution in [0.4, 0.5) is 0 Å². The summed E-state index contributed by atoms with van der Waals surface area (Å²) in [5.74, 6) is 4.21. The van der Waals surface area contributed by atoms with Crippen LogP contribution in [0.5, 0.6) is 5.75 Å². The van der Waals surface area contributed by atoms with Crippen molar-refractivity contribution in [2.45, 2.75) is 50.4 Å². The van der Waals surface area contributed by atoms with Crippen LogP contribution in [0.15, 0.2) is 24.3 Å². The van der Waals surface area contributed by atoms with Gasteiger partial charge < -0.3 is 15.3 Å². The highest BCUT2D eigenvalue weighted by molar-refractivity contribution is 5.37. The zero-order chi connectivity index (χ0) is 18.9. The molecule has 0 spiro atoms. The molecule has 0 aliphatic heterocycles. The summed E-state index contributed by atoms with van der Waals surface area (Å²) in [6.45, 7) is 1.21. The van der Waals surface area contributed by atoms with E-state index in [1.165, 1.54) is 37.7 Å². The average molecular weight is 374 g/mol. The Morgan fingerprint density at radius 2 is 1.81 bits per heavy atom. The lowest BCUT2D eigenvalue weighted by molar-refractivity contribution is -0.757. The molecule has 4 saturated carbocycles. The molecule has 0 saturated heterocycles. The van der Waals surface area contributed by atoms with E-state index in [2.05, 4.69) is 23.0 Å². The fourth-order valence-corrected chi connectivity index (χ4v) is 6.55. The second-order valence-electron chi connectivity index (χ2n) is 8.67. The maximum atomic E-state index is 10.2. The molecule has 0 aromatic heterocycles. The maximum Gasteiger partial charge on any atom is 0.294 e. The van der Waals surface area contributed by atoms with E-state index in [1.807, 2.05) is 6.07 Å². The van der Waals surface area contributed by atoms with Gasteiger partial charge in [0.25, 0.3) is 5.09 Å². The Bertz CT molecular complexity index is 650. The molecule has 1 aromatic rings. The van der Waals surface area contributed by atoms with Gasteiger partial charge in [-0.25, -0.2) is 0 Å². The minimum Gasteiger partial charge on any atom is -0.494 e. The highest BCUT2D eigenvalue weighted by Gasteiger charge is 2.57. The van der Waals surface area contributed by atoms with E-state index < -0.39 is 5.09 Å². The van der Waals surface area contributed by atoms with Crippen LogP contribution in [0.25, 0.3) is 0 Å². The Morgan fingerprint density at radius 3 is 2.44 bits per heavy atom. The molecule has 4 bridgehead atoms. The van der Waals surface area contributed by atoms with Crippen molar-refractivity contribution in [1.82, 2.24) is 0 Å². The van der Waals surface area contributed by atoms with Gasteiger partial charge in [-0.2, -0.15) is 0 Å². The van der Waals surface area contributed by atoms with Crippen molar-refractivity contribution in [2.24, 2.45) is 29.4 Å². The Morgan fingerprint density at radius 1 is 1.11 bits per heavy atom. The van der Waals surface area contributed by atoms with Gasteiger partial charge in [-0.3, -0.25) is 0 Å². The van der Waals surface area contributed by atoms with E-state index in [-0.39, 0.29) is 12.0 Å². The van der Waals surface area contributed by atoms with E-state index in [0.29, 0.717) is 13.0 Å². The minimum absolute atomic E-state index is 0.0662. The Kier molecular flexibility index (Phi) is 5.26. The highest BCUT2D eigenvalue weighted by Crippen LogP contribution is 2.64. The SMILES string of the molecule is NCCC1(c2cccc(OCCCO[N+](=O)[O-])c2)C2CC3CC(C2)CC1C3. The molecular formula is C21H30N2O4. The first kappa shape index (κ1) is 18.5. The summed E-state index contributed by atoms with van der Waals surface area (Å²) >= 11 is 0. The molecule has 0 radical (unpaired) electrons. The Balaban J connectivity index is 1.50. The first-order valence-electron chi connectivity index (χ1n) is 10.3. The van der Waals surface area contributed by atoms with Crippen molar-refractivity contribution >= 4 is 0 Å². The topological polar surface area (TPSA) is 87.6 Å². The summed E-state index contributed by atoms with van der Waals surface area (Å²) in [7, 11) is 0. The van der Waals surface area contributed by atoms with Crippen LogP contribution in [0.2, 0.25) is 0 Å². The molecule has 2 N–H and O–H groups in total. The summed E-state index contributed by atoms with van der Waals surface area (Å²) in [6, 6.07) is 8.53. The lowest BCUT2D eigenvalue weighted by Crippen LogP contribution is -2.56. The van der Waals surface area contributed by atoms with Crippen LogP contribution in [0.3, 0.4) is 0 Å². The summed E-state index contributed by atoms with van der Waals surface area (Å²) in [4.78, 5) is 14.5. The van der Waals surface area contributed by atoms with Crippen molar-refractivity contribution in [2.75, 3.05) is 19.8 Å². The predicted octanol–water partition coefficient (Wildman–Crippen LogP) is 3.71. The van der Waals surface area contributed by atoms with Gasteiger partial charge in [-0.15, -0.1) is 10.1 Å². The first-order valence-corrected chi connectivity index (χ1v) is 10.3. The lowest BCUT2D eigenvalue weighted by Gasteiger charge is -2.62. The van der Waals surface area contributed by atoms with Gasteiger partial charge in [0.2, 0.25) is 0 Å². The van der Waals surface area contributed by atoms with E-state index in [4.69, 9.17) is 10.5 Å². The molecule has 0 unspecified atom stereocenters. The minimum atomic E-state index is -0.760. The summed E-state index contributed by atoms with van der Waals surface area (Å²) in [5, 5.41) is 9.44. The average Bonchev–Trinajstić information content (AvgIpc) is 2.64. The molecular weight excluding hydrogens is 344 g/mol. The molecule has 4 aliphatic carbocycles. The molecule has 27 heavy (non-hydrogen) atoms. The van der Waals surface area contributed by atoms with Crippen molar-refractivity contribution in [3.05, 3.63) is 39.9 Å². The van der Waals surface area contributed by atoms with E-state index >= 15 is 0 Å². The summed E-state index contributed by atoms with van der Waals surface area (Å²) < 4.78 is 5.86. The number of nitrogens with two attached hydrogens (primary N) is 1. The fourth-order valence-electron chi connectivity index (χ4n) is 6.55. The van der Waals surface area contributed by atoms with Crippen molar-refractivity contribution < 1.29 is 14.7 Å². The molecule has 4 fully saturated rings. The summed E-state index contributed by atoms with van der Waals surface area (Å²) in [6.07, 6.45) is 8.43. The fraction of sp³-hybridized carbons (Fsp3) is 0.714. The first-order chi connectivity index (χ1) is 13.1. The van der Waals surface area contributed by atoms with Gasteiger partial charge in [0.1, 0.15) is 5.75 Å². The smallest absolute Gasteiger partial charge is 0.294 e. The Hall–Kier alpha value is -1.82. The number of benzene rings is 1. The molecule has 0 amide bonds. The van der Waals surface area contributed by atoms with Crippen LogP contribution < -0.4 is 10.5 Å². The predicted molar refractivity (Wildman–Crippen MR) is 102 cm³/mol. The quantitative estimate of drug-likeness (QED) is 0.404. The molecule has 0 atom stereocenters. The number of hydrogen-bond acceptors (Lipinski definition) is 5. The highest BCUT2D eigenvalue weighted by atomic mass is 16.9. The largest absolute Gasteiger partial charge is 0.494 e. The molecule has 0 heterocycles. The van der Waals surface area contributed by atoms with Crippen LogP contribution in [0.1, 0.15) is 50.5 Å². The summed E-state index contributed by atoms with van der Waals surface area (Å²) in [5.41, 5.74) is 7.70. The molecule has 5 rings (SSSR count). The number of nitrogens with zero attached hydrogens (tertiary/aromatic N) is 1. The third-order valence-electron chi connectivity index (χ3n) is 7.28. The van der Waals surface area contributed by atoms with Crippen molar-refractivity contribution in [3.8, 4) is 5.75 Å². The molecule has 6 nitrogen and oxygen atoms in total. The zero-order valence-electron chi connectivity index (χ0n) is 15.8. The third kappa shape index (κ3) is 3.51. The van der Waals surface area contributed by atoms with Gasteiger partial charge in [-0.05, 0) is 86.4 Å². The van der Waals surface area contributed by atoms with Crippen LogP contribution in [-0.4, -0.2) is 24.8 Å². The van der Waals surface area contributed by atoms with Crippen molar-refractivity contribution in [1.29, 1.82) is 0 Å². The van der Waals surface area contributed by atoms with Crippen molar-refractivity contribution in [3.63, 3.8) is 0 Å². The normalized spacial score (nSPS) is 33.8. The maximum absolute atomic E-state index is 10.2. The molecule has 148 valence electrons. The van der Waals surface area contributed by atoms with Gasteiger partial charge >= 0.3 is 0 Å². The molecule has 4 aliphatic rings. The lowest BCUT2D eigenvalue weighted by atomic mass is 9.43. The Labute approximate surface area is 160 Å². The van der Waals surface area contributed by atoms with Crippen LogP contribution in [-0.2, 0) is 10.3 Å². The second kappa shape index (κ2) is 7.66. The van der Waals surface area contributed by atoms with Crippen LogP contribution >= 0.6 is 0 Å². The van der Waals surface area contributed by atoms with Gasteiger partial charge in [0.05, 0.1) is 13.2 Å². The number of ether oxygens (including phenoxy) is 1. The monoisotopic (exact) mass is 374 g/mol. The number of rotatable bonds is 9. The second-order valence-corrected chi connectivity index (χ2v) is 8.67. The molecule has 1 aromatic carbocycles. The van der Waals surface area contributed by atoms with E-state index in [1.54, 1.807) is 0 Å². The van der Waals surface area contributed by atoms with Gasteiger partial charge in [0, 0.05) is 11.8 Å². The number of hydrogen-bond donors (Lipinski definition) is 1.